The first-order valence-electron chi connectivity index (χ1n) is 5.28. The molecule has 0 spiro atoms. The molecule has 1 fully saturated rings. The molecule has 0 aromatic heterocycles. The van der Waals surface area contributed by atoms with Gasteiger partial charge >= 0.3 is 0 Å². The predicted molar refractivity (Wildman–Crippen MR) is 54.0 cm³/mol. The van der Waals surface area contributed by atoms with E-state index in [2.05, 4.69) is 5.32 Å². The van der Waals surface area contributed by atoms with E-state index in [0.717, 1.165) is 19.6 Å². The van der Waals surface area contributed by atoms with E-state index in [4.69, 9.17) is 9.47 Å². The number of ether oxygens (including phenoxy) is 2. The molecule has 0 radical (unpaired) electrons. The summed E-state index contributed by atoms with van der Waals surface area (Å²) < 4.78 is 10.4. The van der Waals surface area contributed by atoms with Crippen molar-refractivity contribution < 1.29 is 14.6 Å². The summed E-state index contributed by atoms with van der Waals surface area (Å²) in [6.07, 6.45) is 0.906. The molecule has 1 heterocycles. The molecule has 2 atom stereocenters. The highest BCUT2D eigenvalue weighted by molar-refractivity contribution is 4.67. The normalized spacial score (nSPS) is 25.3. The van der Waals surface area contributed by atoms with Gasteiger partial charge in [-0.25, -0.2) is 0 Å². The zero-order valence-electron chi connectivity index (χ0n) is 9.03. The van der Waals surface area contributed by atoms with E-state index < -0.39 is 0 Å². The third kappa shape index (κ3) is 4.37. The van der Waals surface area contributed by atoms with Crippen molar-refractivity contribution in [3.63, 3.8) is 0 Å². The van der Waals surface area contributed by atoms with Crippen LogP contribution in [0, 0.1) is 5.92 Å². The molecule has 1 rings (SSSR count). The Morgan fingerprint density at radius 2 is 2.29 bits per heavy atom. The SMILES string of the molecule is CC(C)C(O)CNCC1CCOCO1. The first-order valence-corrected chi connectivity index (χ1v) is 5.28. The van der Waals surface area contributed by atoms with Crippen LogP contribution in [0.1, 0.15) is 20.3 Å². The molecule has 14 heavy (non-hydrogen) atoms. The van der Waals surface area contributed by atoms with Gasteiger partial charge in [0.1, 0.15) is 6.79 Å². The molecule has 0 aromatic rings. The van der Waals surface area contributed by atoms with E-state index in [-0.39, 0.29) is 12.2 Å². The number of rotatable bonds is 5. The Labute approximate surface area is 85.6 Å². The molecule has 0 bridgehead atoms. The summed E-state index contributed by atoms with van der Waals surface area (Å²) in [7, 11) is 0. The lowest BCUT2D eigenvalue weighted by atomic mass is 10.1. The average Bonchev–Trinajstić information content (AvgIpc) is 2.19. The van der Waals surface area contributed by atoms with Crippen molar-refractivity contribution in [1.82, 2.24) is 5.32 Å². The van der Waals surface area contributed by atoms with Crippen molar-refractivity contribution >= 4 is 0 Å². The smallest absolute Gasteiger partial charge is 0.147 e. The lowest BCUT2D eigenvalue weighted by Crippen LogP contribution is -2.38. The number of aliphatic hydroxyl groups is 1. The van der Waals surface area contributed by atoms with Crippen LogP contribution in [0.5, 0.6) is 0 Å². The van der Waals surface area contributed by atoms with E-state index in [1.807, 2.05) is 13.8 Å². The number of aliphatic hydroxyl groups excluding tert-OH is 1. The van der Waals surface area contributed by atoms with Gasteiger partial charge in [-0.05, 0) is 12.3 Å². The van der Waals surface area contributed by atoms with Crippen LogP contribution >= 0.6 is 0 Å². The van der Waals surface area contributed by atoms with Gasteiger partial charge in [0.25, 0.3) is 0 Å². The molecule has 0 aliphatic carbocycles. The summed E-state index contributed by atoms with van der Waals surface area (Å²) in [5, 5.41) is 12.7. The maximum Gasteiger partial charge on any atom is 0.147 e. The van der Waals surface area contributed by atoms with Crippen LogP contribution in [0.4, 0.5) is 0 Å². The van der Waals surface area contributed by atoms with Crippen molar-refractivity contribution in [3.05, 3.63) is 0 Å². The van der Waals surface area contributed by atoms with Gasteiger partial charge in [-0.1, -0.05) is 13.8 Å². The molecule has 0 aromatic carbocycles. The zero-order valence-corrected chi connectivity index (χ0v) is 9.03. The van der Waals surface area contributed by atoms with Crippen molar-refractivity contribution in [1.29, 1.82) is 0 Å². The van der Waals surface area contributed by atoms with Crippen LogP contribution in [0.25, 0.3) is 0 Å². The molecule has 1 aliphatic rings. The molecule has 2 N–H and O–H groups in total. The lowest BCUT2D eigenvalue weighted by Gasteiger charge is -2.24. The minimum atomic E-state index is -0.269. The average molecular weight is 203 g/mol. The quantitative estimate of drug-likeness (QED) is 0.677. The fourth-order valence-electron chi connectivity index (χ4n) is 1.29. The van der Waals surface area contributed by atoms with E-state index in [0.29, 0.717) is 19.3 Å². The number of nitrogens with one attached hydrogen (secondary N) is 1. The van der Waals surface area contributed by atoms with Gasteiger partial charge in [0.05, 0.1) is 18.8 Å². The first-order chi connectivity index (χ1) is 6.70. The summed E-state index contributed by atoms with van der Waals surface area (Å²) in [6, 6.07) is 0. The Kier molecular flexibility index (Phi) is 5.40. The van der Waals surface area contributed by atoms with Gasteiger partial charge in [0, 0.05) is 13.1 Å². The fourth-order valence-corrected chi connectivity index (χ4v) is 1.29. The van der Waals surface area contributed by atoms with Crippen LogP contribution in [0.2, 0.25) is 0 Å². The summed E-state index contributed by atoms with van der Waals surface area (Å²) in [5.74, 6) is 0.304. The Bertz CT molecular complexity index is 146. The molecule has 1 saturated heterocycles. The van der Waals surface area contributed by atoms with Gasteiger partial charge < -0.3 is 19.9 Å². The topological polar surface area (TPSA) is 50.7 Å². The Balaban J connectivity index is 2.02. The minimum absolute atomic E-state index is 0.239. The van der Waals surface area contributed by atoms with E-state index in [1.165, 1.54) is 0 Å². The van der Waals surface area contributed by atoms with Crippen LogP contribution in [-0.4, -0.2) is 43.8 Å². The molecule has 84 valence electrons. The first kappa shape index (κ1) is 11.9. The van der Waals surface area contributed by atoms with Gasteiger partial charge in [0.2, 0.25) is 0 Å². The summed E-state index contributed by atoms with van der Waals surface area (Å²) in [4.78, 5) is 0. The van der Waals surface area contributed by atoms with Crippen molar-refractivity contribution in [3.8, 4) is 0 Å². The second kappa shape index (κ2) is 6.35. The lowest BCUT2D eigenvalue weighted by molar-refractivity contribution is -0.137. The maximum absolute atomic E-state index is 9.53. The summed E-state index contributed by atoms with van der Waals surface area (Å²) in [5.41, 5.74) is 0. The summed E-state index contributed by atoms with van der Waals surface area (Å²) in [6.45, 7) is 6.64. The highest BCUT2D eigenvalue weighted by Gasteiger charge is 2.14. The second-order valence-electron chi connectivity index (χ2n) is 4.07. The minimum Gasteiger partial charge on any atom is -0.392 e. The van der Waals surface area contributed by atoms with Gasteiger partial charge in [-0.15, -0.1) is 0 Å². The highest BCUT2D eigenvalue weighted by Crippen LogP contribution is 2.05. The molecule has 0 saturated carbocycles. The van der Waals surface area contributed by atoms with Crippen molar-refractivity contribution in [2.45, 2.75) is 32.5 Å². The van der Waals surface area contributed by atoms with Crippen molar-refractivity contribution in [2.24, 2.45) is 5.92 Å². The van der Waals surface area contributed by atoms with Crippen molar-refractivity contribution in [2.75, 3.05) is 26.5 Å². The fraction of sp³-hybridized carbons (Fsp3) is 1.00. The van der Waals surface area contributed by atoms with Crippen LogP contribution < -0.4 is 5.32 Å². The molecule has 2 unspecified atom stereocenters. The zero-order chi connectivity index (χ0) is 10.4. The number of hydrogen-bond donors (Lipinski definition) is 2. The second-order valence-corrected chi connectivity index (χ2v) is 4.07. The highest BCUT2D eigenvalue weighted by atomic mass is 16.7. The van der Waals surface area contributed by atoms with Crippen LogP contribution in [0.3, 0.4) is 0 Å². The van der Waals surface area contributed by atoms with E-state index in [1.54, 1.807) is 0 Å². The largest absolute Gasteiger partial charge is 0.392 e. The molecular formula is C10H21NO3. The van der Waals surface area contributed by atoms with Gasteiger partial charge in [-0.3, -0.25) is 0 Å². The third-order valence-electron chi connectivity index (χ3n) is 2.47. The Morgan fingerprint density at radius 1 is 1.50 bits per heavy atom. The monoisotopic (exact) mass is 203 g/mol. The maximum atomic E-state index is 9.53. The van der Waals surface area contributed by atoms with Crippen LogP contribution in [-0.2, 0) is 9.47 Å². The predicted octanol–water partition coefficient (Wildman–Crippen LogP) is 0.356. The van der Waals surface area contributed by atoms with Gasteiger partial charge in [-0.2, -0.15) is 0 Å². The molecule has 1 aliphatic heterocycles. The van der Waals surface area contributed by atoms with Gasteiger partial charge in [0.15, 0.2) is 0 Å². The van der Waals surface area contributed by atoms with E-state index >= 15 is 0 Å². The standard InChI is InChI=1S/C10H21NO3/c1-8(2)10(12)6-11-5-9-3-4-13-7-14-9/h8-12H,3-7H2,1-2H3. The van der Waals surface area contributed by atoms with E-state index in [9.17, 15) is 5.11 Å². The number of hydrogen-bond acceptors (Lipinski definition) is 4. The Hall–Kier alpha value is -0.160. The Morgan fingerprint density at radius 3 is 2.86 bits per heavy atom. The summed E-state index contributed by atoms with van der Waals surface area (Å²) >= 11 is 0. The van der Waals surface area contributed by atoms with Crippen LogP contribution in [0.15, 0.2) is 0 Å². The molecule has 0 amide bonds. The molecule has 4 nitrogen and oxygen atoms in total. The third-order valence-corrected chi connectivity index (χ3v) is 2.47. The molecular weight excluding hydrogens is 182 g/mol. The molecule has 4 heteroatoms.